The average molecular weight is 475 g/mol. The minimum atomic E-state index is -0.840. The van der Waals surface area contributed by atoms with E-state index in [1.165, 1.54) is 16.8 Å². The Morgan fingerprint density at radius 2 is 2.06 bits per heavy atom. The van der Waals surface area contributed by atoms with Crippen LogP contribution in [0.3, 0.4) is 0 Å². The van der Waals surface area contributed by atoms with Crippen LogP contribution in [0.4, 0.5) is 9.18 Å². The minimum absolute atomic E-state index is 0.0437. The van der Waals surface area contributed by atoms with Gasteiger partial charge >= 0.3 is 12.1 Å². The quantitative estimate of drug-likeness (QED) is 0.616. The number of hydrogen-bond acceptors (Lipinski definition) is 6. The number of halogens is 1. The number of carbonyl (C=O) groups excluding carboxylic acids is 1. The first-order valence-electron chi connectivity index (χ1n) is 11.7. The molecule has 2 aliphatic rings. The third-order valence-corrected chi connectivity index (χ3v) is 6.95. The van der Waals surface area contributed by atoms with Gasteiger partial charge in [0.25, 0.3) is 0 Å². The number of carboxylic acid groups (broad SMARTS) is 1. The normalized spacial score (nSPS) is 21.1. The van der Waals surface area contributed by atoms with E-state index < -0.39 is 23.8 Å². The predicted octanol–water partition coefficient (Wildman–Crippen LogP) is 4.01. The van der Waals surface area contributed by atoms with E-state index >= 15 is 0 Å². The highest BCUT2D eigenvalue weighted by atomic mass is 19.1. The smallest absolute Gasteiger partial charge is 0.410 e. The number of carboxylic acids is 1. The molecule has 0 aliphatic heterocycles. The molecular formula is C24H31FN4O5. The lowest BCUT2D eigenvalue weighted by Gasteiger charge is -2.27. The summed E-state index contributed by atoms with van der Waals surface area (Å²) >= 11 is 0. The molecular weight excluding hydrogens is 443 g/mol. The molecule has 184 valence electrons. The summed E-state index contributed by atoms with van der Waals surface area (Å²) in [5, 5.41) is 17.4. The lowest BCUT2D eigenvalue weighted by Crippen LogP contribution is -2.36. The third kappa shape index (κ3) is 5.31. The molecule has 0 bridgehead atoms. The minimum Gasteiger partial charge on any atom is -0.487 e. The Hall–Kier alpha value is -3.17. The van der Waals surface area contributed by atoms with Gasteiger partial charge in [-0.2, -0.15) is 0 Å². The summed E-state index contributed by atoms with van der Waals surface area (Å²) in [5.41, 5.74) is 1.45. The number of nitrogens with zero attached hydrogens (tertiary/aromatic N) is 4. The molecule has 34 heavy (non-hydrogen) atoms. The number of hydrogen-bond donors (Lipinski definition) is 1. The van der Waals surface area contributed by atoms with Gasteiger partial charge in [0, 0.05) is 25.7 Å². The fraction of sp³-hybridized carbons (Fsp3) is 0.583. The van der Waals surface area contributed by atoms with Gasteiger partial charge in [0.05, 0.1) is 12.0 Å². The first-order chi connectivity index (χ1) is 16.2. The molecule has 1 aromatic heterocycles. The van der Waals surface area contributed by atoms with E-state index in [1.807, 2.05) is 6.92 Å². The highest BCUT2D eigenvalue weighted by molar-refractivity contribution is 5.70. The first-order valence-corrected chi connectivity index (χ1v) is 11.7. The van der Waals surface area contributed by atoms with Crippen molar-refractivity contribution in [2.45, 2.75) is 64.2 Å². The fourth-order valence-electron chi connectivity index (χ4n) is 4.46. The largest absolute Gasteiger partial charge is 0.487 e. The van der Waals surface area contributed by atoms with Gasteiger partial charge in [-0.3, -0.25) is 4.79 Å². The van der Waals surface area contributed by atoms with Gasteiger partial charge in [-0.1, -0.05) is 5.21 Å². The molecule has 10 heteroatoms. The van der Waals surface area contributed by atoms with Crippen LogP contribution in [0.2, 0.25) is 0 Å². The molecule has 2 aromatic rings. The van der Waals surface area contributed by atoms with Crippen molar-refractivity contribution < 1.29 is 28.6 Å². The highest BCUT2D eigenvalue weighted by Gasteiger charge is 2.33. The highest BCUT2D eigenvalue weighted by Crippen LogP contribution is 2.35. The SMILES string of the molecule is CC(C1CC1)N(C)C(=O)OCc1c(-c2ccc(O[C@H]3CCC[C@H](C(=O)O)C3)c(F)c2)nnn1C. The van der Waals surface area contributed by atoms with Crippen molar-refractivity contribution in [1.82, 2.24) is 19.9 Å². The van der Waals surface area contributed by atoms with Crippen molar-refractivity contribution in [3.8, 4) is 17.0 Å². The van der Waals surface area contributed by atoms with Gasteiger partial charge in [-0.15, -0.1) is 5.10 Å². The zero-order chi connectivity index (χ0) is 24.4. The monoisotopic (exact) mass is 474 g/mol. The van der Waals surface area contributed by atoms with Crippen LogP contribution in [-0.4, -0.2) is 56.3 Å². The standard InChI is InChI=1S/C24H31FN4O5/c1-14(15-7-8-15)28(2)24(32)33-13-20-22(26-27-29(20)3)16-9-10-21(19(25)12-16)34-18-6-4-5-17(11-18)23(30)31/h9-10,12,14-15,17-18H,4-8,11,13H2,1-3H3,(H,30,31)/t14?,17-,18-/m0/s1. The summed E-state index contributed by atoms with van der Waals surface area (Å²) in [7, 11) is 3.42. The van der Waals surface area contributed by atoms with Crippen LogP contribution in [0, 0.1) is 17.7 Å². The second kappa shape index (κ2) is 9.99. The van der Waals surface area contributed by atoms with Crippen LogP contribution in [0.5, 0.6) is 5.75 Å². The molecule has 2 fully saturated rings. The van der Waals surface area contributed by atoms with Gasteiger partial charge in [0.15, 0.2) is 11.6 Å². The molecule has 1 heterocycles. The molecule has 2 aliphatic carbocycles. The summed E-state index contributed by atoms with van der Waals surface area (Å²) in [6, 6.07) is 4.62. The zero-order valence-corrected chi connectivity index (χ0v) is 19.7. The van der Waals surface area contributed by atoms with Crippen molar-refractivity contribution in [1.29, 1.82) is 0 Å². The van der Waals surface area contributed by atoms with Crippen molar-refractivity contribution in [3.63, 3.8) is 0 Å². The van der Waals surface area contributed by atoms with E-state index in [1.54, 1.807) is 25.1 Å². The maximum absolute atomic E-state index is 14.9. The van der Waals surface area contributed by atoms with Gasteiger partial charge in [-0.25, -0.2) is 13.9 Å². The molecule has 0 spiro atoms. The lowest BCUT2D eigenvalue weighted by atomic mass is 9.87. The second-order valence-corrected chi connectivity index (χ2v) is 9.34. The maximum atomic E-state index is 14.9. The Labute approximate surface area is 197 Å². The molecule has 3 atom stereocenters. The molecule has 1 aromatic carbocycles. The summed E-state index contributed by atoms with van der Waals surface area (Å²) in [4.78, 5) is 25.3. The van der Waals surface area contributed by atoms with E-state index in [0.29, 0.717) is 42.1 Å². The van der Waals surface area contributed by atoms with Gasteiger partial charge in [0.2, 0.25) is 0 Å². The summed E-state index contributed by atoms with van der Waals surface area (Å²) in [6.07, 6.45) is 3.90. The Balaban J connectivity index is 1.43. The zero-order valence-electron chi connectivity index (χ0n) is 19.7. The molecule has 0 radical (unpaired) electrons. The molecule has 0 saturated heterocycles. The predicted molar refractivity (Wildman–Crippen MR) is 121 cm³/mol. The maximum Gasteiger partial charge on any atom is 0.410 e. The average Bonchev–Trinajstić information content (AvgIpc) is 3.61. The van der Waals surface area contributed by atoms with Gasteiger partial charge in [-0.05, 0) is 69.6 Å². The number of aryl methyl sites for hydroxylation is 1. The Morgan fingerprint density at radius 1 is 1.29 bits per heavy atom. The summed E-state index contributed by atoms with van der Waals surface area (Å²) < 4.78 is 27.7. The first kappa shape index (κ1) is 24.0. The van der Waals surface area contributed by atoms with Crippen LogP contribution in [0.1, 0.15) is 51.1 Å². The van der Waals surface area contributed by atoms with Crippen molar-refractivity contribution in [2.24, 2.45) is 18.9 Å². The Morgan fingerprint density at radius 3 is 2.74 bits per heavy atom. The number of aromatic nitrogens is 3. The van der Waals surface area contributed by atoms with Crippen molar-refractivity contribution >= 4 is 12.1 Å². The third-order valence-electron chi connectivity index (χ3n) is 6.95. The van der Waals surface area contributed by atoms with E-state index in [2.05, 4.69) is 10.3 Å². The number of benzene rings is 1. The van der Waals surface area contributed by atoms with Crippen LogP contribution in [-0.2, 0) is 23.2 Å². The number of amides is 1. The molecule has 2 saturated carbocycles. The van der Waals surface area contributed by atoms with Gasteiger partial charge < -0.3 is 19.5 Å². The van der Waals surface area contributed by atoms with Gasteiger partial charge in [0.1, 0.15) is 18.0 Å². The summed E-state index contributed by atoms with van der Waals surface area (Å²) in [6.45, 7) is 1.97. The van der Waals surface area contributed by atoms with E-state index in [0.717, 1.165) is 19.3 Å². The van der Waals surface area contributed by atoms with E-state index in [4.69, 9.17) is 9.47 Å². The van der Waals surface area contributed by atoms with Crippen LogP contribution >= 0.6 is 0 Å². The second-order valence-electron chi connectivity index (χ2n) is 9.34. The topological polar surface area (TPSA) is 107 Å². The summed E-state index contributed by atoms with van der Waals surface area (Å²) in [5.74, 6) is -1.27. The van der Waals surface area contributed by atoms with E-state index in [9.17, 15) is 19.1 Å². The van der Waals surface area contributed by atoms with Crippen molar-refractivity contribution in [2.75, 3.05) is 7.05 Å². The molecule has 1 N–H and O–H groups in total. The van der Waals surface area contributed by atoms with Crippen molar-refractivity contribution in [3.05, 3.63) is 29.7 Å². The fourth-order valence-corrected chi connectivity index (χ4v) is 4.46. The van der Waals surface area contributed by atoms with Crippen LogP contribution in [0.25, 0.3) is 11.3 Å². The molecule has 1 unspecified atom stereocenters. The Bertz CT molecular complexity index is 1050. The van der Waals surface area contributed by atoms with Crippen LogP contribution < -0.4 is 4.74 Å². The molecule has 4 rings (SSSR count). The Kier molecular flexibility index (Phi) is 7.04. The number of aliphatic carboxylic acids is 1. The molecule has 1 amide bonds. The lowest BCUT2D eigenvalue weighted by molar-refractivity contribution is -0.143. The number of rotatable bonds is 8. The van der Waals surface area contributed by atoms with E-state index in [-0.39, 0.29) is 24.5 Å². The molecule has 9 nitrogen and oxygen atoms in total. The number of carbonyl (C=O) groups is 2. The van der Waals surface area contributed by atoms with Crippen LogP contribution in [0.15, 0.2) is 18.2 Å². The number of ether oxygens (including phenoxy) is 2.